The first-order valence-electron chi connectivity index (χ1n) is 6.07. The number of aromatic nitrogens is 4. The van der Waals surface area contributed by atoms with E-state index in [4.69, 9.17) is 0 Å². The highest BCUT2D eigenvalue weighted by Gasteiger charge is 2.19. The number of carbonyl (C=O) groups excluding carboxylic acids is 1. The highest BCUT2D eigenvalue weighted by molar-refractivity contribution is 5.90. The fraction of sp³-hybridized carbons (Fsp3) is 0.500. The largest absolute Gasteiger partial charge is 0.336 e. The Kier molecular flexibility index (Phi) is 3.27. The number of amides is 1. The Morgan fingerprint density at radius 2 is 1.94 bits per heavy atom. The molecule has 18 heavy (non-hydrogen) atoms. The maximum absolute atomic E-state index is 12.1. The summed E-state index contributed by atoms with van der Waals surface area (Å²) in [5.74, 6) is 0.533. The van der Waals surface area contributed by atoms with E-state index in [2.05, 4.69) is 15.1 Å². The van der Waals surface area contributed by atoms with Gasteiger partial charge in [0, 0.05) is 24.5 Å². The van der Waals surface area contributed by atoms with E-state index < -0.39 is 0 Å². The van der Waals surface area contributed by atoms with Crippen LogP contribution in [0, 0.1) is 13.8 Å². The molecule has 0 aliphatic rings. The first kappa shape index (κ1) is 12.5. The molecule has 0 aromatic carbocycles. The van der Waals surface area contributed by atoms with Gasteiger partial charge >= 0.3 is 0 Å². The molecule has 0 radical (unpaired) electrons. The summed E-state index contributed by atoms with van der Waals surface area (Å²) >= 11 is 0. The van der Waals surface area contributed by atoms with Crippen molar-refractivity contribution >= 4 is 11.7 Å². The number of aryl methyl sites for hydroxylation is 2. The summed E-state index contributed by atoms with van der Waals surface area (Å²) in [7, 11) is 0. The van der Waals surface area contributed by atoms with Crippen LogP contribution in [0.15, 0.2) is 6.07 Å². The van der Waals surface area contributed by atoms with Crippen LogP contribution in [0.25, 0.3) is 5.78 Å². The van der Waals surface area contributed by atoms with E-state index in [0.29, 0.717) is 18.9 Å². The van der Waals surface area contributed by atoms with E-state index in [1.54, 1.807) is 9.42 Å². The molecule has 0 bridgehead atoms. The second kappa shape index (κ2) is 4.72. The highest BCUT2D eigenvalue weighted by atomic mass is 16.2. The number of nitrogens with zero attached hydrogens (tertiary/aromatic N) is 5. The lowest BCUT2D eigenvalue weighted by Crippen LogP contribution is -2.31. The van der Waals surface area contributed by atoms with E-state index in [0.717, 1.165) is 11.4 Å². The molecular weight excluding hydrogens is 230 g/mol. The molecule has 2 rings (SSSR count). The molecule has 0 spiro atoms. The van der Waals surface area contributed by atoms with Crippen LogP contribution in [-0.4, -0.2) is 43.5 Å². The number of rotatable bonds is 3. The fourth-order valence-electron chi connectivity index (χ4n) is 1.91. The van der Waals surface area contributed by atoms with Gasteiger partial charge in [0.05, 0.1) is 0 Å². The molecule has 6 nitrogen and oxygen atoms in total. The number of hydrogen-bond donors (Lipinski definition) is 0. The van der Waals surface area contributed by atoms with Gasteiger partial charge < -0.3 is 4.90 Å². The minimum atomic E-state index is -0.150. The number of fused-ring (bicyclic) bond motifs is 1. The van der Waals surface area contributed by atoms with Gasteiger partial charge in [0.2, 0.25) is 5.82 Å². The molecule has 1 amide bonds. The molecule has 0 aliphatic carbocycles. The van der Waals surface area contributed by atoms with Crippen molar-refractivity contribution in [1.82, 2.24) is 24.5 Å². The van der Waals surface area contributed by atoms with Gasteiger partial charge in [-0.1, -0.05) is 0 Å². The van der Waals surface area contributed by atoms with Crippen LogP contribution in [0.2, 0.25) is 0 Å². The fourth-order valence-corrected chi connectivity index (χ4v) is 1.91. The van der Waals surface area contributed by atoms with E-state index in [1.165, 1.54) is 0 Å². The first-order chi connectivity index (χ1) is 8.56. The predicted octanol–water partition coefficient (Wildman–Crippen LogP) is 1.22. The van der Waals surface area contributed by atoms with Crippen LogP contribution < -0.4 is 0 Å². The zero-order valence-electron chi connectivity index (χ0n) is 11.1. The lowest BCUT2D eigenvalue weighted by atomic mass is 10.4. The average Bonchev–Trinajstić information content (AvgIpc) is 2.74. The lowest BCUT2D eigenvalue weighted by molar-refractivity contribution is 0.0761. The standard InChI is InChI=1S/C12H17N5O/c1-5-16(6-2)11(18)10-14-12-13-8(3)7-9(4)17(12)15-10/h7H,5-6H2,1-4H3. The van der Waals surface area contributed by atoms with Crippen LogP contribution in [0.5, 0.6) is 0 Å². The Hall–Kier alpha value is -1.98. The van der Waals surface area contributed by atoms with Crippen molar-refractivity contribution in [3.05, 3.63) is 23.3 Å². The molecule has 0 N–H and O–H groups in total. The third-order valence-electron chi connectivity index (χ3n) is 2.86. The monoisotopic (exact) mass is 247 g/mol. The second-order valence-electron chi connectivity index (χ2n) is 4.16. The molecule has 2 aromatic rings. The minimum Gasteiger partial charge on any atom is -0.336 e. The maximum Gasteiger partial charge on any atom is 0.293 e. The van der Waals surface area contributed by atoms with Gasteiger partial charge in [0.15, 0.2) is 0 Å². The molecular formula is C12H17N5O. The predicted molar refractivity (Wildman–Crippen MR) is 67.5 cm³/mol. The molecule has 0 saturated carbocycles. The Balaban J connectivity index is 2.47. The molecule has 6 heteroatoms. The van der Waals surface area contributed by atoms with Crippen LogP contribution >= 0.6 is 0 Å². The molecule has 96 valence electrons. The summed E-state index contributed by atoms with van der Waals surface area (Å²) in [6.07, 6.45) is 0. The zero-order valence-corrected chi connectivity index (χ0v) is 11.1. The highest BCUT2D eigenvalue weighted by Crippen LogP contribution is 2.07. The normalized spacial score (nSPS) is 10.9. The van der Waals surface area contributed by atoms with Gasteiger partial charge in [-0.05, 0) is 33.8 Å². The van der Waals surface area contributed by atoms with Gasteiger partial charge in [0.1, 0.15) is 0 Å². The smallest absolute Gasteiger partial charge is 0.293 e. The van der Waals surface area contributed by atoms with Crippen molar-refractivity contribution in [1.29, 1.82) is 0 Å². The van der Waals surface area contributed by atoms with Crippen LogP contribution in [0.1, 0.15) is 35.9 Å². The topological polar surface area (TPSA) is 63.4 Å². The minimum absolute atomic E-state index is 0.150. The summed E-state index contributed by atoms with van der Waals surface area (Å²) in [4.78, 5) is 22.3. The summed E-state index contributed by atoms with van der Waals surface area (Å²) in [5, 5.41) is 4.22. The van der Waals surface area contributed by atoms with Gasteiger partial charge in [-0.3, -0.25) is 4.79 Å². The third kappa shape index (κ3) is 2.05. The zero-order chi connectivity index (χ0) is 13.3. The summed E-state index contributed by atoms with van der Waals surface area (Å²) in [6, 6.07) is 1.91. The molecule has 2 aromatic heterocycles. The Bertz CT molecular complexity index is 585. The average molecular weight is 247 g/mol. The summed E-state index contributed by atoms with van der Waals surface area (Å²) < 4.78 is 1.60. The molecule has 2 heterocycles. The van der Waals surface area contributed by atoms with E-state index in [9.17, 15) is 4.79 Å². The maximum atomic E-state index is 12.1. The van der Waals surface area contributed by atoms with Crippen molar-refractivity contribution < 1.29 is 4.79 Å². The van der Waals surface area contributed by atoms with Crippen molar-refractivity contribution in [2.75, 3.05) is 13.1 Å². The SMILES string of the molecule is CCN(CC)C(=O)c1nc2nc(C)cc(C)n2n1. The van der Waals surface area contributed by atoms with Crippen molar-refractivity contribution in [3.8, 4) is 0 Å². The van der Waals surface area contributed by atoms with Crippen LogP contribution in [-0.2, 0) is 0 Å². The van der Waals surface area contributed by atoms with Gasteiger partial charge in [-0.25, -0.2) is 9.50 Å². The first-order valence-corrected chi connectivity index (χ1v) is 6.07. The Labute approximate surface area is 106 Å². The summed E-state index contributed by atoms with van der Waals surface area (Å²) in [5.41, 5.74) is 1.79. The van der Waals surface area contributed by atoms with Gasteiger partial charge in [-0.2, -0.15) is 4.98 Å². The van der Waals surface area contributed by atoms with Crippen molar-refractivity contribution in [2.45, 2.75) is 27.7 Å². The molecule has 0 aliphatic heterocycles. The summed E-state index contributed by atoms with van der Waals surface area (Å²) in [6.45, 7) is 8.98. The van der Waals surface area contributed by atoms with Gasteiger partial charge in [-0.15, -0.1) is 5.10 Å². The van der Waals surface area contributed by atoms with Crippen LogP contribution in [0.4, 0.5) is 0 Å². The number of hydrogen-bond acceptors (Lipinski definition) is 4. The lowest BCUT2D eigenvalue weighted by Gasteiger charge is -2.15. The quantitative estimate of drug-likeness (QED) is 0.818. The molecule has 0 saturated heterocycles. The van der Waals surface area contributed by atoms with Crippen molar-refractivity contribution in [3.63, 3.8) is 0 Å². The Morgan fingerprint density at radius 1 is 1.28 bits per heavy atom. The molecule has 0 atom stereocenters. The van der Waals surface area contributed by atoms with E-state index in [-0.39, 0.29) is 11.7 Å². The molecule has 0 fully saturated rings. The van der Waals surface area contributed by atoms with Gasteiger partial charge in [0.25, 0.3) is 11.7 Å². The van der Waals surface area contributed by atoms with Crippen molar-refractivity contribution in [2.24, 2.45) is 0 Å². The number of carbonyl (C=O) groups is 1. The Morgan fingerprint density at radius 3 is 2.56 bits per heavy atom. The molecule has 0 unspecified atom stereocenters. The van der Waals surface area contributed by atoms with E-state index >= 15 is 0 Å². The second-order valence-corrected chi connectivity index (χ2v) is 4.16. The third-order valence-corrected chi connectivity index (χ3v) is 2.86. The van der Waals surface area contributed by atoms with Crippen LogP contribution in [0.3, 0.4) is 0 Å². The van der Waals surface area contributed by atoms with E-state index in [1.807, 2.05) is 33.8 Å².